The van der Waals surface area contributed by atoms with Crippen LogP contribution >= 0.6 is 0 Å². The molecule has 0 radical (unpaired) electrons. The summed E-state index contributed by atoms with van der Waals surface area (Å²) in [6.45, 7) is 0. The second-order valence-corrected chi connectivity index (χ2v) is 4.36. The van der Waals surface area contributed by atoms with Crippen molar-refractivity contribution in [2.75, 3.05) is 0 Å². The summed E-state index contributed by atoms with van der Waals surface area (Å²) in [4.78, 5) is 44.6. The molecule has 0 saturated carbocycles. The molecule has 8 nitrogen and oxygen atoms in total. The number of carboxylic acid groups (broad SMARTS) is 4. The van der Waals surface area contributed by atoms with Crippen molar-refractivity contribution >= 4 is 34.6 Å². The van der Waals surface area contributed by atoms with E-state index in [1.807, 2.05) is 0 Å². The van der Waals surface area contributed by atoms with E-state index in [0.717, 1.165) is 24.3 Å². The quantitative estimate of drug-likeness (QED) is 0.385. The SMILES string of the molecule is O=C(O)c1cc(C(=O)O)c2cc(C(=O)O)cc(C(=O)O)c2c1.[H-].[H-].[H-].[Na+].[Na+].[Na+]. The van der Waals surface area contributed by atoms with Gasteiger partial charge in [0.15, 0.2) is 0 Å². The van der Waals surface area contributed by atoms with Crippen LogP contribution in [-0.2, 0) is 0 Å². The van der Waals surface area contributed by atoms with E-state index in [1.165, 1.54) is 0 Å². The predicted molar refractivity (Wildman–Crippen MR) is 75.1 cm³/mol. The molecule has 0 aliphatic carbocycles. The van der Waals surface area contributed by atoms with E-state index < -0.39 is 46.1 Å². The summed E-state index contributed by atoms with van der Waals surface area (Å²) in [5, 5.41) is 36.0. The van der Waals surface area contributed by atoms with Gasteiger partial charge < -0.3 is 24.7 Å². The molecule has 0 spiro atoms. The van der Waals surface area contributed by atoms with Crippen molar-refractivity contribution in [2.24, 2.45) is 0 Å². The summed E-state index contributed by atoms with van der Waals surface area (Å²) >= 11 is 0. The molecule has 4 N–H and O–H groups in total. The number of carbonyl (C=O) groups is 4. The van der Waals surface area contributed by atoms with Crippen molar-refractivity contribution in [3.8, 4) is 0 Å². The minimum Gasteiger partial charge on any atom is -1.00 e. The van der Waals surface area contributed by atoms with Gasteiger partial charge in [0.05, 0.1) is 22.3 Å². The summed E-state index contributed by atoms with van der Waals surface area (Å²) in [7, 11) is 0. The van der Waals surface area contributed by atoms with E-state index in [0.29, 0.717) is 0 Å². The number of benzene rings is 2. The first kappa shape index (κ1) is 26.8. The average molecular weight is 376 g/mol. The molecular formula is C14H11Na3O8. The molecule has 2 rings (SSSR count). The van der Waals surface area contributed by atoms with Crippen LogP contribution in [-0.4, -0.2) is 44.3 Å². The Bertz CT molecular complexity index is 805. The van der Waals surface area contributed by atoms with Crippen LogP contribution in [0.4, 0.5) is 0 Å². The first-order chi connectivity index (χ1) is 10.2. The largest absolute Gasteiger partial charge is 1.00 e. The first-order valence-electron chi connectivity index (χ1n) is 5.77. The predicted octanol–water partition coefficient (Wildman–Crippen LogP) is -7.02. The van der Waals surface area contributed by atoms with Crippen LogP contribution in [0.3, 0.4) is 0 Å². The Balaban J connectivity index is -0.000000294. The molecule has 2 aromatic carbocycles. The third kappa shape index (κ3) is 5.78. The minimum absolute atomic E-state index is 0. The van der Waals surface area contributed by atoms with Gasteiger partial charge in [0, 0.05) is 0 Å². The second-order valence-electron chi connectivity index (χ2n) is 4.36. The Kier molecular flexibility index (Phi) is 11.4. The minimum atomic E-state index is -1.49. The summed E-state index contributed by atoms with van der Waals surface area (Å²) in [5.74, 6) is -5.84. The van der Waals surface area contributed by atoms with E-state index in [2.05, 4.69) is 0 Å². The van der Waals surface area contributed by atoms with Gasteiger partial charge in [0.2, 0.25) is 0 Å². The molecule has 0 aromatic heterocycles. The van der Waals surface area contributed by atoms with E-state index in [1.54, 1.807) is 0 Å². The average Bonchev–Trinajstić information content (AvgIpc) is 2.44. The molecule has 0 atom stereocenters. The number of carboxylic acids is 4. The third-order valence-corrected chi connectivity index (χ3v) is 3.02. The molecule has 0 unspecified atom stereocenters. The maximum Gasteiger partial charge on any atom is 1.00 e. The molecule has 11 heteroatoms. The normalized spacial score (nSPS) is 9.12. The molecule has 0 heterocycles. The van der Waals surface area contributed by atoms with Gasteiger partial charge in [0.1, 0.15) is 0 Å². The van der Waals surface area contributed by atoms with Crippen LogP contribution in [0, 0.1) is 0 Å². The molecule has 0 aliphatic heterocycles. The molecule has 0 fully saturated rings. The van der Waals surface area contributed by atoms with Crippen LogP contribution in [0.25, 0.3) is 10.8 Å². The summed E-state index contributed by atoms with van der Waals surface area (Å²) in [5.41, 5.74) is -1.79. The molecular weight excluding hydrogens is 365 g/mol. The molecule has 0 saturated heterocycles. The number of fused-ring (bicyclic) bond motifs is 1. The topological polar surface area (TPSA) is 149 Å². The smallest absolute Gasteiger partial charge is 1.00 e. The maximum atomic E-state index is 11.3. The second kappa shape index (κ2) is 10.7. The van der Waals surface area contributed by atoms with Crippen molar-refractivity contribution in [1.29, 1.82) is 0 Å². The van der Waals surface area contributed by atoms with Gasteiger partial charge in [-0.1, -0.05) is 0 Å². The fourth-order valence-electron chi connectivity index (χ4n) is 2.06. The van der Waals surface area contributed by atoms with Crippen LogP contribution in [0.5, 0.6) is 0 Å². The zero-order valence-corrected chi connectivity index (χ0v) is 19.7. The van der Waals surface area contributed by atoms with Gasteiger partial charge in [0.25, 0.3) is 0 Å². The van der Waals surface area contributed by atoms with Gasteiger partial charge in [-0.15, -0.1) is 0 Å². The molecule has 0 bridgehead atoms. The zero-order valence-electron chi connectivity index (χ0n) is 16.7. The van der Waals surface area contributed by atoms with Crippen LogP contribution in [0.2, 0.25) is 0 Å². The Hall–Kier alpha value is -0.420. The Labute approximate surface area is 211 Å². The van der Waals surface area contributed by atoms with E-state index in [-0.39, 0.29) is 104 Å². The molecule has 118 valence electrons. The number of rotatable bonds is 4. The van der Waals surface area contributed by atoms with E-state index in [4.69, 9.17) is 20.4 Å². The zero-order chi connectivity index (χ0) is 16.6. The summed E-state index contributed by atoms with van der Waals surface area (Å²) in [6, 6.07) is 3.70. The number of hydrogen-bond acceptors (Lipinski definition) is 4. The Morgan fingerprint density at radius 2 is 0.840 bits per heavy atom. The molecule has 0 amide bonds. The fraction of sp³-hybridized carbons (Fsp3) is 0. The van der Waals surface area contributed by atoms with Gasteiger partial charge >= 0.3 is 113 Å². The third-order valence-electron chi connectivity index (χ3n) is 3.02. The summed E-state index contributed by atoms with van der Waals surface area (Å²) in [6.07, 6.45) is 0. The molecule has 2 aromatic rings. The monoisotopic (exact) mass is 376 g/mol. The van der Waals surface area contributed by atoms with Gasteiger partial charge in [-0.05, 0) is 35.0 Å². The van der Waals surface area contributed by atoms with E-state index in [9.17, 15) is 19.2 Å². The van der Waals surface area contributed by atoms with Crippen LogP contribution in [0.1, 0.15) is 45.7 Å². The van der Waals surface area contributed by atoms with Crippen molar-refractivity contribution in [3.63, 3.8) is 0 Å². The van der Waals surface area contributed by atoms with Crippen molar-refractivity contribution in [1.82, 2.24) is 0 Å². The van der Waals surface area contributed by atoms with Crippen molar-refractivity contribution in [2.45, 2.75) is 0 Å². The summed E-state index contributed by atoms with van der Waals surface area (Å²) < 4.78 is 0. The van der Waals surface area contributed by atoms with Crippen LogP contribution < -0.4 is 88.7 Å². The van der Waals surface area contributed by atoms with Gasteiger partial charge in [-0.3, -0.25) is 0 Å². The molecule has 25 heavy (non-hydrogen) atoms. The molecule has 0 aliphatic rings. The van der Waals surface area contributed by atoms with Crippen LogP contribution in [0.15, 0.2) is 24.3 Å². The number of hydrogen-bond donors (Lipinski definition) is 4. The Morgan fingerprint density at radius 3 is 1.04 bits per heavy atom. The number of aromatic carboxylic acids is 4. The van der Waals surface area contributed by atoms with E-state index >= 15 is 0 Å². The Morgan fingerprint density at radius 1 is 0.560 bits per heavy atom. The van der Waals surface area contributed by atoms with Crippen molar-refractivity contribution < 1.29 is 133 Å². The van der Waals surface area contributed by atoms with Gasteiger partial charge in [-0.25, -0.2) is 19.2 Å². The standard InChI is InChI=1S/C14H8O8.3Na.3H/c15-11(16)5-1-7-8(10(3-5)14(21)22)2-6(12(17)18)4-9(7)13(19)20;;;;;;/h1-4H,(H,15,16)(H,17,18)(H,19,20)(H,21,22);;;;;;/q;3*+1;3*-1. The van der Waals surface area contributed by atoms with Crippen molar-refractivity contribution in [3.05, 3.63) is 46.5 Å². The first-order valence-corrected chi connectivity index (χ1v) is 5.77. The maximum absolute atomic E-state index is 11.3. The van der Waals surface area contributed by atoms with Gasteiger partial charge in [-0.2, -0.15) is 0 Å². The fourth-order valence-corrected chi connectivity index (χ4v) is 2.06.